The molecule has 0 radical (unpaired) electrons. The lowest BCUT2D eigenvalue weighted by Crippen LogP contribution is -2.54. The van der Waals surface area contributed by atoms with E-state index in [0.29, 0.717) is 18.8 Å². The third kappa shape index (κ3) is 3.31. The van der Waals surface area contributed by atoms with E-state index in [9.17, 15) is 23.1 Å². The molecule has 5 unspecified atom stereocenters. The molecule has 2 fully saturated rings. The van der Waals surface area contributed by atoms with E-state index in [4.69, 9.17) is 4.74 Å². The number of carbonyl (C=O) groups excluding carboxylic acids is 1. The summed E-state index contributed by atoms with van der Waals surface area (Å²) in [6.07, 6.45) is -2.35. The predicted molar refractivity (Wildman–Crippen MR) is 74.9 cm³/mol. The Bertz CT molecular complexity index is 456. The molecule has 1 N–H and O–H groups in total. The van der Waals surface area contributed by atoms with Crippen LogP contribution in [0, 0.1) is 17.8 Å². The van der Waals surface area contributed by atoms with Gasteiger partial charge in [0.05, 0.1) is 0 Å². The van der Waals surface area contributed by atoms with Crippen molar-refractivity contribution in [3.63, 3.8) is 0 Å². The lowest BCUT2D eigenvalue weighted by molar-refractivity contribution is -0.287. The van der Waals surface area contributed by atoms with Crippen molar-refractivity contribution >= 4 is 5.97 Å². The maximum atomic E-state index is 13.1. The van der Waals surface area contributed by atoms with Gasteiger partial charge in [0.2, 0.25) is 0 Å². The molecule has 2 aliphatic rings. The van der Waals surface area contributed by atoms with Crippen LogP contribution in [0.2, 0.25) is 0 Å². The smallest absolute Gasteiger partial charge is 0.420 e. The monoisotopic (exact) mass is 320 g/mol. The SMILES string of the molecule is C=C(C)C(=O)OC(CC1CC2CCC1C2)C(C)(O)C(F)(F)F. The van der Waals surface area contributed by atoms with Crippen LogP contribution in [0.15, 0.2) is 12.2 Å². The average Bonchev–Trinajstić information content (AvgIpc) is 2.98. The molecule has 0 aromatic rings. The minimum Gasteiger partial charge on any atom is -0.456 e. The third-order valence-corrected chi connectivity index (χ3v) is 5.20. The van der Waals surface area contributed by atoms with Crippen LogP contribution >= 0.6 is 0 Å². The largest absolute Gasteiger partial charge is 0.456 e. The quantitative estimate of drug-likeness (QED) is 0.622. The molecule has 0 aromatic heterocycles. The van der Waals surface area contributed by atoms with E-state index < -0.39 is 23.9 Å². The van der Waals surface area contributed by atoms with Crippen molar-refractivity contribution < 1.29 is 27.8 Å². The minimum atomic E-state index is -4.86. The summed E-state index contributed by atoms with van der Waals surface area (Å²) in [6, 6.07) is 0. The van der Waals surface area contributed by atoms with E-state index in [0.717, 1.165) is 25.7 Å². The number of rotatable bonds is 5. The number of ether oxygens (including phenoxy) is 1. The van der Waals surface area contributed by atoms with Crippen LogP contribution in [0.3, 0.4) is 0 Å². The second-order valence-electron chi connectivity index (χ2n) is 6.99. The Hall–Kier alpha value is -1.04. The second-order valence-corrected chi connectivity index (χ2v) is 6.99. The van der Waals surface area contributed by atoms with Crippen molar-refractivity contribution in [1.82, 2.24) is 0 Å². The first-order valence-corrected chi connectivity index (χ1v) is 7.68. The second kappa shape index (κ2) is 5.87. The lowest BCUT2D eigenvalue weighted by Gasteiger charge is -2.36. The third-order valence-electron chi connectivity index (χ3n) is 5.20. The standard InChI is InChI=1S/C16H23F3O3/c1-9(2)14(20)22-13(15(3,21)16(17,18)19)8-12-7-10-4-5-11(12)6-10/h10-13,21H,1,4-8H2,2-3H3. The first kappa shape index (κ1) is 17.3. The molecule has 2 bridgehead atoms. The molecule has 0 heterocycles. The molecular weight excluding hydrogens is 297 g/mol. The molecule has 0 amide bonds. The number of aliphatic hydroxyl groups is 1. The van der Waals surface area contributed by atoms with Crippen molar-refractivity contribution in [3.8, 4) is 0 Å². The van der Waals surface area contributed by atoms with E-state index in [2.05, 4.69) is 6.58 Å². The highest BCUT2D eigenvalue weighted by molar-refractivity contribution is 5.87. The van der Waals surface area contributed by atoms with Gasteiger partial charge >= 0.3 is 12.1 Å². The Morgan fingerprint density at radius 1 is 1.36 bits per heavy atom. The molecule has 5 atom stereocenters. The average molecular weight is 320 g/mol. The zero-order chi connectivity index (χ0) is 16.7. The van der Waals surface area contributed by atoms with Crippen LogP contribution < -0.4 is 0 Å². The zero-order valence-electron chi connectivity index (χ0n) is 12.9. The Labute approximate surface area is 128 Å². The normalized spacial score (nSPS) is 31.6. The number of fused-ring (bicyclic) bond motifs is 2. The van der Waals surface area contributed by atoms with Crippen molar-refractivity contribution in [2.45, 2.75) is 63.8 Å². The molecular formula is C16H23F3O3. The van der Waals surface area contributed by atoms with Crippen LogP contribution in [0.4, 0.5) is 13.2 Å². The predicted octanol–water partition coefficient (Wildman–Crippen LogP) is 3.61. The first-order valence-electron chi connectivity index (χ1n) is 7.68. The Morgan fingerprint density at radius 2 is 2.00 bits per heavy atom. The van der Waals surface area contributed by atoms with Gasteiger partial charge in [-0.25, -0.2) is 4.79 Å². The van der Waals surface area contributed by atoms with Gasteiger partial charge < -0.3 is 9.84 Å². The molecule has 0 saturated heterocycles. The summed E-state index contributed by atoms with van der Waals surface area (Å²) in [5.41, 5.74) is -3.03. The van der Waals surface area contributed by atoms with Crippen LogP contribution in [0.25, 0.3) is 0 Å². The molecule has 6 heteroatoms. The fraction of sp³-hybridized carbons (Fsp3) is 0.812. The molecule has 2 aliphatic carbocycles. The van der Waals surface area contributed by atoms with Crippen LogP contribution in [0.1, 0.15) is 46.0 Å². The van der Waals surface area contributed by atoms with Gasteiger partial charge in [-0.15, -0.1) is 0 Å². The van der Waals surface area contributed by atoms with Crippen molar-refractivity contribution in [3.05, 3.63) is 12.2 Å². The molecule has 22 heavy (non-hydrogen) atoms. The van der Waals surface area contributed by atoms with Crippen LogP contribution in [0.5, 0.6) is 0 Å². The van der Waals surface area contributed by atoms with E-state index >= 15 is 0 Å². The zero-order valence-corrected chi connectivity index (χ0v) is 12.9. The number of hydrogen-bond donors (Lipinski definition) is 1. The summed E-state index contributed by atoms with van der Waals surface area (Å²) in [7, 11) is 0. The van der Waals surface area contributed by atoms with Gasteiger partial charge in [0.15, 0.2) is 5.60 Å². The molecule has 2 rings (SSSR count). The first-order chi connectivity index (χ1) is 10.0. The van der Waals surface area contributed by atoms with Gasteiger partial charge in [-0.3, -0.25) is 0 Å². The van der Waals surface area contributed by atoms with Gasteiger partial charge in [-0.2, -0.15) is 13.2 Å². The fourth-order valence-electron chi connectivity index (χ4n) is 3.74. The number of esters is 1. The van der Waals surface area contributed by atoms with Gasteiger partial charge in [-0.1, -0.05) is 13.0 Å². The molecule has 0 spiro atoms. The number of hydrogen-bond acceptors (Lipinski definition) is 3. The Morgan fingerprint density at radius 3 is 2.41 bits per heavy atom. The fourth-order valence-corrected chi connectivity index (χ4v) is 3.74. The van der Waals surface area contributed by atoms with E-state index in [1.807, 2.05) is 0 Å². The summed E-state index contributed by atoms with van der Waals surface area (Å²) in [5.74, 6) is 0.150. The lowest BCUT2D eigenvalue weighted by atomic mass is 9.81. The van der Waals surface area contributed by atoms with Gasteiger partial charge in [0.1, 0.15) is 6.10 Å². The molecule has 3 nitrogen and oxygen atoms in total. The summed E-state index contributed by atoms with van der Waals surface area (Å²) in [5, 5.41) is 9.94. The molecule has 0 aliphatic heterocycles. The highest BCUT2D eigenvalue weighted by atomic mass is 19.4. The highest BCUT2D eigenvalue weighted by Crippen LogP contribution is 2.51. The maximum absolute atomic E-state index is 13.1. The van der Waals surface area contributed by atoms with Gasteiger partial charge in [0, 0.05) is 5.57 Å². The minimum absolute atomic E-state index is 0.0240. The van der Waals surface area contributed by atoms with Crippen molar-refractivity contribution in [2.75, 3.05) is 0 Å². The highest BCUT2D eigenvalue weighted by Gasteiger charge is 2.58. The van der Waals surface area contributed by atoms with E-state index in [1.54, 1.807) is 0 Å². The summed E-state index contributed by atoms with van der Waals surface area (Å²) < 4.78 is 44.4. The Kier molecular flexibility index (Phi) is 4.62. The number of alkyl halides is 3. The van der Waals surface area contributed by atoms with Crippen LogP contribution in [-0.4, -0.2) is 29.0 Å². The Balaban J connectivity index is 2.14. The van der Waals surface area contributed by atoms with Crippen molar-refractivity contribution in [1.29, 1.82) is 0 Å². The van der Waals surface area contributed by atoms with Gasteiger partial charge in [0.25, 0.3) is 0 Å². The molecule has 126 valence electrons. The van der Waals surface area contributed by atoms with Gasteiger partial charge in [-0.05, 0) is 57.3 Å². The summed E-state index contributed by atoms with van der Waals surface area (Å²) in [6.45, 7) is 5.44. The van der Waals surface area contributed by atoms with E-state index in [1.165, 1.54) is 6.92 Å². The maximum Gasteiger partial charge on any atom is 0.420 e. The van der Waals surface area contributed by atoms with Crippen LogP contribution in [-0.2, 0) is 9.53 Å². The topological polar surface area (TPSA) is 46.5 Å². The van der Waals surface area contributed by atoms with Crippen molar-refractivity contribution in [2.24, 2.45) is 17.8 Å². The molecule has 0 aromatic carbocycles. The van der Waals surface area contributed by atoms with E-state index in [-0.39, 0.29) is 17.9 Å². The molecule has 2 saturated carbocycles. The number of carbonyl (C=O) groups is 1. The summed E-state index contributed by atoms with van der Waals surface area (Å²) >= 11 is 0. The number of halogens is 3. The summed E-state index contributed by atoms with van der Waals surface area (Å²) in [4.78, 5) is 11.7.